The van der Waals surface area contributed by atoms with Gasteiger partial charge in [-0.15, -0.1) is 0 Å². The van der Waals surface area contributed by atoms with Crippen LogP contribution in [-0.2, 0) is 12.8 Å². The molecule has 2 aliphatic rings. The van der Waals surface area contributed by atoms with E-state index in [0.717, 1.165) is 11.1 Å². The highest BCUT2D eigenvalue weighted by Gasteiger charge is 2.42. The average Bonchev–Trinajstić information content (AvgIpc) is 2.92. The monoisotopic (exact) mass is 632 g/mol. The maximum absolute atomic E-state index is 13.6. The molecule has 0 aliphatic carbocycles. The van der Waals surface area contributed by atoms with E-state index in [1.165, 1.54) is 9.80 Å². The van der Waals surface area contributed by atoms with Crippen molar-refractivity contribution in [1.82, 2.24) is 19.8 Å². The van der Waals surface area contributed by atoms with Gasteiger partial charge in [-0.3, -0.25) is 38.9 Å². The van der Waals surface area contributed by atoms with E-state index >= 15 is 0 Å². The summed E-state index contributed by atoms with van der Waals surface area (Å²) in [6, 6.07) is 10.5. The van der Waals surface area contributed by atoms with Crippen LogP contribution in [0.15, 0.2) is 70.1 Å². The van der Waals surface area contributed by atoms with E-state index in [0.29, 0.717) is 32.6 Å². The smallest absolute Gasteiger partial charge is 0.262 e. The number of amides is 4. The Morgan fingerprint density at radius 3 is 1.32 bits per heavy atom. The van der Waals surface area contributed by atoms with Gasteiger partial charge in [0.2, 0.25) is 0 Å². The third-order valence-corrected chi connectivity index (χ3v) is 8.18. The zero-order valence-corrected chi connectivity index (χ0v) is 23.0. The molecule has 8 nitrogen and oxygen atoms in total. The molecule has 0 bridgehead atoms. The number of aromatic nitrogens is 2. The van der Waals surface area contributed by atoms with Crippen molar-refractivity contribution in [2.45, 2.75) is 12.8 Å². The van der Waals surface area contributed by atoms with Gasteiger partial charge in [-0.2, -0.15) is 0 Å². The van der Waals surface area contributed by atoms with Crippen LogP contribution in [0.1, 0.15) is 52.6 Å². The molecule has 6 rings (SSSR count). The summed E-state index contributed by atoms with van der Waals surface area (Å²) in [4.78, 5) is 64.8. The van der Waals surface area contributed by atoms with Gasteiger partial charge >= 0.3 is 0 Å². The standard InChI is InChI=1S/C28H18Br2N4O4/c29-19-14-18-22-21-17(25(35)33(27(37)23(19)21)11-5-15-1-7-31-8-2-15)13-20(30)24(22)28(38)34(26(18)36)12-6-16-3-9-32-10-4-16/h1-4,7-10,13-14H,5-6,11-12H2. The van der Waals surface area contributed by atoms with Crippen LogP contribution in [0.3, 0.4) is 0 Å². The largest absolute Gasteiger partial charge is 0.274 e. The van der Waals surface area contributed by atoms with Crippen molar-refractivity contribution in [3.05, 3.63) is 104 Å². The molecule has 2 aromatic carbocycles. The van der Waals surface area contributed by atoms with E-state index in [-0.39, 0.29) is 35.3 Å². The van der Waals surface area contributed by atoms with Crippen LogP contribution in [-0.4, -0.2) is 56.5 Å². The van der Waals surface area contributed by atoms with Gasteiger partial charge in [-0.05, 0) is 92.2 Å². The third-order valence-electron chi connectivity index (χ3n) is 6.92. The fraction of sp³-hybridized carbons (Fsp3) is 0.143. The van der Waals surface area contributed by atoms with Gasteiger partial charge in [-0.25, -0.2) is 0 Å². The molecule has 0 saturated heterocycles. The topological polar surface area (TPSA) is 101 Å². The Balaban J connectivity index is 1.43. The Bertz CT molecular complexity index is 1550. The average molecular weight is 634 g/mol. The predicted octanol–water partition coefficient (Wildman–Crippen LogP) is 4.83. The lowest BCUT2D eigenvalue weighted by molar-refractivity contribution is 0.0589. The number of hydrogen-bond donors (Lipinski definition) is 0. The second-order valence-electron chi connectivity index (χ2n) is 9.05. The summed E-state index contributed by atoms with van der Waals surface area (Å²) in [5.74, 6) is -1.87. The molecule has 0 atom stereocenters. The van der Waals surface area contributed by atoms with E-state index in [2.05, 4.69) is 41.8 Å². The molecule has 0 radical (unpaired) electrons. The first-order chi connectivity index (χ1) is 18.4. The zero-order chi connectivity index (χ0) is 26.6. The van der Waals surface area contributed by atoms with Gasteiger partial charge in [0, 0.05) is 68.7 Å². The van der Waals surface area contributed by atoms with Crippen molar-refractivity contribution >= 4 is 66.3 Å². The lowest BCUT2D eigenvalue weighted by Crippen LogP contribution is -2.44. The highest BCUT2D eigenvalue weighted by molar-refractivity contribution is 9.10. The normalized spacial score (nSPS) is 14.6. The number of imide groups is 2. The fourth-order valence-electron chi connectivity index (χ4n) is 5.06. The predicted molar refractivity (Wildman–Crippen MR) is 146 cm³/mol. The number of rotatable bonds is 6. The summed E-state index contributed by atoms with van der Waals surface area (Å²) < 4.78 is 0.801. The highest BCUT2D eigenvalue weighted by Crippen LogP contribution is 2.44. The first-order valence-corrected chi connectivity index (χ1v) is 13.4. The van der Waals surface area contributed by atoms with Crippen LogP contribution in [0.4, 0.5) is 0 Å². The van der Waals surface area contributed by atoms with E-state index < -0.39 is 23.6 Å². The lowest BCUT2D eigenvalue weighted by atomic mass is 9.85. The molecular formula is C28H18Br2N4O4. The number of halogens is 2. The van der Waals surface area contributed by atoms with Crippen LogP contribution < -0.4 is 0 Å². The van der Waals surface area contributed by atoms with Crippen molar-refractivity contribution in [3.8, 4) is 0 Å². The van der Waals surface area contributed by atoms with Gasteiger partial charge < -0.3 is 0 Å². The van der Waals surface area contributed by atoms with Gasteiger partial charge in [0.15, 0.2) is 0 Å². The van der Waals surface area contributed by atoms with Crippen molar-refractivity contribution < 1.29 is 19.2 Å². The van der Waals surface area contributed by atoms with E-state index in [1.54, 1.807) is 36.9 Å². The summed E-state index contributed by atoms with van der Waals surface area (Å²) in [5, 5.41) is 0.663. The molecule has 2 aliphatic heterocycles. The van der Waals surface area contributed by atoms with Crippen molar-refractivity contribution in [2.75, 3.05) is 13.1 Å². The summed E-state index contributed by atoms with van der Waals surface area (Å²) in [5.41, 5.74) is 2.97. The van der Waals surface area contributed by atoms with Crippen molar-refractivity contribution in [2.24, 2.45) is 0 Å². The van der Waals surface area contributed by atoms with Gasteiger partial charge in [0.05, 0.1) is 11.1 Å². The Kier molecular flexibility index (Phi) is 6.16. The van der Waals surface area contributed by atoms with Crippen LogP contribution in [0.2, 0.25) is 0 Å². The molecule has 10 heteroatoms. The van der Waals surface area contributed by atoms with Crippen molar-refractivity contribution in [1.29, 1.82) is 0 Å². The first-order valence-electron chi connectivity index (χ1n) is 11.9. The molecule has 188 valence electrons. The van der Waals surface area contributed by atoms with Crippen molar-refractivity contribution in [3.63, 3.8) is 0 Å². The van der Waals surface area contributed by atoms with E-state index in [4.69, 9.17) is 0 Å². The first kappa shape index (κ1) is 24.6. The summed E-state index contributed by atoms with van der Waals surface area (Å²) in [7, 11) is 0. The molecule has 0 unspecified atom stereocenters. The maximum Gasteiger partial charge on any atom is 0.262 e. The van der Waals surface area contributed by atoms with E-state index in [1.807, 2.05) is 24.3 Å². The Morgan fingerprint density at radius 1 is 0.579 bits per heavy atom. The Morgan fingerprint density at radius 2 is 0.947 bits per heavy atom. The molecule has 4 amide bonds. The van der Waals surface area contributed by atoms with Crippen LogP contribution in [0.5, 0.6) is 0 Å². The minimum absolute atomic E-state index is 0.177. The van der Waals surface area contributed by atoms with Gasteiger partial charge in [-0.1, -0.05) is 0 Å². The number of carbonyl (C=O) groups excluding carboxylic acids is 4. The SMILES string of the molecule is O=C1c2cc(Br)c3c4c(cc(Br)c(c24)C(=O)N1CCc1ccncc1)C(=O)N(CCc1ccncc1)C3=O. The Labute approximate surface area is 233 Å². The zero-order valence-electron chi connectivity index (χ0n) is 19.8. The van der Waals surface area contributed by atoms with Gasteiger partial charge in [0.25, 0.3) is 23.6 Å². The number of carbonyl (C=O) groups is 4. The number of pyridine rings is 2. The number of nitrogens with zero attached hydrogens (tertiary/aromatic N) is 4. The Hall–Kier alpha value is -3.76. The molecule has 38 heavy (non-hydrogen) atoms. The minimum atomic E-state index is -0.469. The number of hydrogen-bond acceptors (Lipinski definition) is 6. The minimum Gasteiger partial charge on any atom is -0.274 e. The molecule has 4 heterocycles. The third kappa shape index (κ3) is 3.86. The molecule has 0 spiro atoms. The molecule has 2 aromatic heterocycles. The molecule has 0 saturated carbocycles. The molecule has 4 aromatic rings. The molecule has 0 N–H and O–H groups in total. The molecule has 0 fully saturated rings. The second kappa shape index (κ2) is 9.52. The second-order valence-corrected chi connectivity index (χ2v) is 10.8. The van der Waals surface area contributed by atoms with Crippen LogP contribution >= 0.6 is 31.9 Å². The fourth-order valence-corrected chi connectivity index (χ4v) is 6.25. The summed E-state index contributed by atoms with van der Waals surface area (Å²) in [6.07, 6.45) is 7.58. The van der Waals surface area contributed by atoms with E-state index in [9.17, 15) is 19.2 Å². The molecular weight excluding hydrogens is 616 g/mol. The van der Waals surface area contributed by atoms with Gasteiger partial charge in [0.1, 0.15) is 0 Å². The van der Waals surface area contributed by atoms with Crippen LogP contribution in [0, 0.1) is 0 Å². The lowest BCUT2D eigenvalue weighted by Gasteiger charge is -2.33. The maximum atomic E-state index is 13.6. The summed E-state index contributed by atoms with van der Waals surface area (Å²) >= 11 is 6.97. The quantitative estimate of drug-likeness (QED) is 0.282. The number of benzene rings is 2. The van der Waals surface area contributed by atoms with Crippen LogP contribution in [0.25, 0.3) is 10.8 Å². The summed E-state index contributed by atoms with van der Waals surface area (Å²) in [6.45, 7) is 0.355. The highest BCUT2D eigenvalue weighted by atomic mass is 79.9.